The molecule has 2 aromatic heterocycles. The van der Waals surface area contributed by atoms with Crippen LogP contribution in [0, 0.1) is 6.20 Å². The van der Waals surface area contributed by atoms with E-state index in [1.165, 1.54) is 0 Å². The van der Waals surface area contributed by atoms with Crippen LogP contribution in [0.2, 0.25) is 0 Å². The molecule has 0 unspecified atom stereocenters. The quantitative estimate of drug-likeness (QED) is 0.493. The van der Waals surface area contributed by atoms with Crippen molar-refractivity contribution in [3.63, 3.8) is 0 Å². The minimum atomic E-state index is -0.444. The lowest BCUT2D eigenvalue weighted by molar-refractivity contribution is 0.451. The molecular weight excluding hydrogens is 212 g/mol. The summed E-state index contributed by atoms with van der Waals surface area (Å²) in [6, 6.07) is 0. The molecule has 2 rings (SSSR count). The summed E-state index contributed by atoms with van der Waals surface area (Å²) >= 11 is 0. The van der Waals surface area contributed by atoms with Gasteiger partial charge in [0.25, 0.3) is 0 Å². The van der Waals surface area contributed by atoms with Crippen molar-refractivity contribution in [2.45, 2.75) is 0 Å². The Labute approximate surface area is 89.6 Å². The van der Waals surface area contributed by atoms with Gasteiger partial charge in [0.05, 0.1) is 11.8 Å². The molecule has 0 spiro atoms. The van der Waals surface area contributed by atoms with Crippen LogP contribution in [0.25, 0.3) is 11.3 Å². The molecule has 2 aromatic rings. The predicted octanol–water partition coefficient (Wildman–Crippen LogP) is -0.691. The first-order chi connectivity index (χ1) is 7.58. The van der Waals surface area contributed by atoms with E-state index < -0.39 is 5.88 Å². The standard InChI is InChI=1S/C8H7N6O2/c9-7-12-2-4(15)5(13-7)3-1-11-8(10)14-6(3)16/h2,15H,(H2,9,12,13)(H3,10,11,14,16). The minimum Gasteiger partial charge on any atom is -0.504 e. The normalized spacial score (nSPS) is 10.2. The number of anilines is 2. The second-order valence-corrected chi connectivity index (χ2v) is 2.85. The zero-order valence-corrected chi connectivity index (χ0v) is 7.92. The molecular formula is C8H7N6O2. The molecule has 8 heteroatoms. The van der Waals surface area contributed by atoms with E-state index in [4.69, 9.17) is 11.5 Å². The van der Waals surface area contributed by atoms with Crippen LogP contribution in [-0.4, -0.2) is 30.1 Å². The fourth-order valence-corrected chi connectivity index (χ4v) is 1.08. The molecule has 8 nitrogen and oxygen atoms in total. The average molecular weight is 219 g/mol. The number of rotatable bonds is 1. The van der Waals surface area contributed by atoms with E-state index >= 15 is 0 Å². The van der Waals surface area contributed by atoms with E-state index in [9.17, 15) is 10.2 Å². The molecule has 0 bridgehead atoms. The van der Waals surface area contributed by atoms with E-state index in [1.807, 2.05) is 0 Å². The van der Waals surface area contributed by atoms with Crippen molar-refractivity contribution in [1.29, 1.82) is 0 Å². The highest BCUT2D eigenvalue weighted by Gasteiger charge is 2.14. The number of hydrogen-bond donors (Lipinski definition) is 4. The summed E-state index contributed by atoms with van der Waals surface area (Å²) in [5, 5.41) is 19.0. The lowest BCUT2D eigenvalue weighted by atomic mass is 10.2. The predicted molar refractivity (Wildman–Crippen MR) is 54.0 cm³/mol. The third kappa shape index (κ3) is 1.63. The summed E-state index contributed by atoms with van der Waals surface area (Å²) in [7, 11) is 0. The van der Waals surface area contributed by atoms with Crippen LogP contribution in [0.1, 0.15) is 0 Å². The van der Waals surface area contributed by atoms with Crippen LogP contribution in [0.4, 0.5) is 11.9 Å². The number of nitrogens with two attached hydrogens (primary N) is 2. The smallest absolute Gasteiger partial charge is 0.226 e. The zero-order chi connectivity index (χ0) is 11.7. The summed E-state index contributed by atoms with van der Waals surface area (Å²) in [5.74, 6) is -0.907. The summed E-state index contributed by atoms with van der Waals surface area (Å²) in [6.45, 7) is 0. The highest BCUT2D eigenvalue weighted by molar-refractivity contribution is 5.69. The van der Waals surface area contributed by atoms with Gasteiger partial charge in [-0.25, -0.2) is 15.0 Å². The molecule has 0 aliphatic rings. The maximum absolute atomic E-state index is 9.49. The van der Waals surface area contributed by atoms with Gasteiger partial charge in [-0.05, 0) is 0 Å². The minimum absolute atomic E-state index is 0.000741. The van der Waals surface area contributed by atoms with Gasteiger partial charge in [0.2, 0.25) is 17.8 Å². The Hall–Kier alpha value is -2.64. The van der Waals surface area contributed by atoms with Gasteiger partial charge >= 0.3 is 0 Å². The number of aromatic hydroxyl groups is 2. The van der Waals surface area contributed by atoms with Crippen LogP contribution >= 0.6 is 0 Å². The van der Waals surface area contributed by atoms with Gasteiger partial charge < -0.3 is 21.7 Å². The van der Waals surface area contributed by atoms with E-state index in [0.717, 1.165) is 6.20 Å². The molecule has 2 heterocycles. The van der Waals surface area contributed by atoms with Crippen molar-refractivity contribution in [2.24, 2.45) is 0 Å². The third-order valence-electron chi connectivity index (χ3n) is 1.75. The molecule has 0 aromatic carbocycles. The Balaban J connectivity index is 2.62. The first kappa shape index (κ1) is 9.90. The van der Waals surface area contributed by atoms with Crippen molar-refractivity contribution in [3.8, 4) is 22.9 Å². The fraction of sp³-hybridized carbons (Fsp3) is 0. The molecule has 0 atom stereocenters. The molecule has 16 heavy (non-hydrogen) atoms. The highest BCUT2D eigenvalue weighted by atomic mass is 16.3. The molecule has 6 N–H and O–H groups in total. The molecule has 0 fully saturated rings. The summed E-state index contributed by atoms with van der Waals surface area (Å²) in [6.07, 6.45) is 3.49. The molecule has 0 amide bonds. The number of hydrogen-bond acceptors (Lipinski definition) is 8. The van der Waals surface area contributed by atoms with Crippen LogP contribution < -0.4 is 11.5 Å². The van der Waals surface area contributed by atoms with Gasteiger partial charge in [0.1, 0.15) is 11.9 Å². The number of aromatic nitrogens is 4. The lowest BCUT2D eigenvalue weighted by Gasteiger charge is -2.04. The van der Waals surface area contributed by atoms with E-state index in [2.05, 4.69) is 26.1 Å². The maximum atomic E-state index is 9.49. The van der Waals surface area contributed by atoms with Gasteiger partial charge in [-0.1, -0.05) is 0 Å². The van der Waals surface area contributed by atoms with E-state index in [0.29, 0.717) is 0 Å². The van der Waals surface area contributed by atoms with Crippen LogP contribution in [0.5, 0.6) is 11.6 Å². The summed E-state index contributed by atoms with van der Waals surface area (Å²) in [5.41, 5.74) is 10.6. The Morgan fingerprint density at radius 1 is 1.12 bits per heavy atom. The second-order valence-electron chi connectivity index (χ2n) is 2.85. The van der Waals surface area contributed by atoms with Gasteiger partial charge in [-0.2, -0.15) is 4.98 Å². The zero-order valence-electron chi connectivity index (χ0n) is 7.92. The van der Waals surface area contributed by atoms with Crippen LogP contribution in [0.3, 0.4) is 0 Å². The second kappa shape index (κ2) is 3.50. The summed E-state index contributed by atoms with van der Waals surface area (Å²) < 4.78 is 0. The molecule has 0 aliphatic carbocycles. The Morgan fingerprint density at radius 2 is 1.88 bits per heavy atom. The van der Waals surface area contributed by atoms with Crippen molar-refractivity contribution < 1.29 is 10.2 Å². The Morgan fingerprint density at radius 3 is 2.56 bits per heavy atom. The molecule has 1 radical (unpaired) electrons. The van der Waals surface area contributed by atoms with E-state index in [-0.39, 0.29) is 28.9 Å². The Kier molecular flexibility index (Phi) is 2.16. The van der Waals surface area contributed by atoms with Crippen molar-refractivity contribution in [2.75, 3.05) is 11.5 Å². The molecule has 0 saturated carbocycles. The number of nitrogen functional groups attached to an aromatic ring is 2. The van der Waals surface area contributed by atoms with E-state index in [1.54, 1.807) is 0 Å². The van der Waals surface area contributed by atoms with Crippen LogP contribution in [-0.2, 0) is 0 Å². The van der Waals surface area contributed by atoms with Gasteiger partial charge in [0.15, 0.2) is 5.75 Å². The summed E-state index contributed by atoms with van der Waals surface area (Å²) in [4.78, 5) is 14.4. The fourth-order valence-electron chi connectivity index (χ4n) is 1.08. The van der Waals surface area contributed by atoms with Crippen molar-refractivity contribution in [3.05, 3.63) is 12.4 Å². The van der Waals surface area contributed by atoms with Crippen molar-refractivity contribution >= 4 is 11.9 Å². The third-order valence-corrected chi connectivity index (χ3v) is 1.75. The molecule has 0 saturated heterocycles. The lowest BCUT2D eigenvalue weighted by Crippen LogP contribution is -1.99. The van der Waals surface area contributed by atoms with Gasteiger partial charge in [-0.3, -0.25) is 0 Å². The monoisotopic (exact) mass is 219 g/mol. The van der Waals surface area contributed by atoms with Crippen molar-refractivity contribution in [1.82, 2.24) is 19.9 Å². The Bertz CT molecular complexity index is 544. The first-order valence-electron chi connectivity index (χ1n) is 4.14. The largest absolute Gasteiger partial charge is 0.504 e. The van der Waals surface area contributed by atoms with Crippen LogP contribution in [0.15, 0.2) is 6.20 Å². The topological polar surface area (TPSA) is 144 Å². The SMILES string of the molecule is Nc1n[c]c(-c2nc(N)ncc2O)c(O)n1. The van der Waals surface area contributed by atoms with Gasteiger partial charge in [0, 0.05) is 0 Å². The maximum Gasteiger partial charge on any atom is 0.226 e. The molecule has 0 aliphatic heterocycles. The number of nitrogens with zero attached hydrogens (tertiary/aromatic N) is 4. The first-order valence-corrected chi connectivity index (χ1v) is 4.14. The highest BCUT2D eigenvalue weighted by Crippen LogP contribution is 2.31. The molecule has 81 valence electrons. The van der Waals surface area contributed by atoms with Gasteiger partial charge in [-0.15, -0.1) is 0 Å². The average Bonchev–Trinajstić information content (AvgIpc) is 2.22.